The summed E-state index contributed by atoms with van der Waals surface area (Å²) in [4.78, 5) is 17.0. The molecule has 27 heavy (non-hydrogen) atoms. The zero-order valence-corrected chi connectivity index (χ0v) is 15.2. The van der Waals surface area contributed by atoms with Crippen molar-refractivity contribution in [2.24, 2.45) is 0 Å². The highest BCUT2D eigenvalue weighted by Crippen LogP contribution is 2.22. The van der Waals surface area contributed by atoms with Gasteiger partial charge in [-0.25, -0.2) is 0 Å². The van der Waals surface area contributed by atoms with Crippen LogP contribution in [0.25, 0.3) is 10.9 Å². The molecule has 0 radical (unpaired) electrons. The average Bonchev–Trinajstić information content (AvgIpc) is 3.07. The summed E-state index contributed by atoms with van der Waals surface area (Å²) < 4.78 is 2.13. The molecular formula is C23H21N3O. The Kier molecular flexibility index (Phi) is 4.71. The van der Waals surface area contributed by atoms with Crippen LogP contribution in [-0.4, -0.2) is 15.5 Å². The number of aryl methyl sites for hydroxylation is 1. The van der Waals surface area contributed by atoms with Crippen molar-refractivity contribution in [1.29, 1.82) is 0 Å². The first-order chi connectivity index (χ1) is 13.2. The quantitative estimate of drug-likeness (QED) is 0.579. The Labute approximate surface area is 158 Å². The summed E-state index contributed by atoms with van der Waals surface area (Å²) in [6.45, 7) is 3.23. The molecule has 0 unspecified atom stereocenters. The number of hydrogen-bond donors (Lipinski definition) is 1. The molecule has 1 N–H and O–H groups in total. The topological polar surface area (TPSA) is 46.9 Å². The van der Waals surface area contributed by atoms with E-state index in [2.05, 4.69) is 52.1 Å². The first-order valence-corrected chi connectivity index (χ1v) is 9.02. The van der Waals surface area contributed by atoms with Gasteiger partial charge in [-0.2, -0.15) is 0 Å². The van der Waals surface area contributed by atoms with Gasteiger partial charge in [0.05, 0.1) is 17.8 Å². The van der Waals surface area contributed by atoms with Crippen LogP contribution in [0.5, 0.6) is 0 Å². The van der Waals surface area contributed by atoms with Crippen LogP contribution >= 0.6 is 0 Å². The second-order valence-corrected chi connectivity index (χ2v) is 6.68. The Balaban J connectivity index is 1.61. The molecule has 4 heteroatoms. The lowest BCUT2D eigenvalue weighted by molar-refractivity contribution is 0.0952. The van der Waals surface area contributed by atoms with Crippen LogP contribution < -0.4 is 5.32 Å². The Bertz CT molecular complexity index is 1070. The predicted octanol–water partition coefficient (Wildman–Crippen LogP) is 4.32. The maximum absolute atomic E-state index is 12.8. The molecule has 1 amide bonds. The monoisotopic (exact) mass is 355 g/mol. The van der Waals surface area contributed by atoms with E-state index in [1.165, 1.54) is 11.1 Å². The number of pyridine rings is 1. The predicted molar refractivity (Wildman–Crippen MR) is 108 cm³/mol. The molecule has 2 aromatic heterocycles. The summed E-state index contributed by atoms with van der Waals surface area (Å²) in [5, 5.41) is 3.94. The minimum absolute atomic E-state index is 0.0838. The van der Waals surface area contributed by atoms with Crippen LogP contribution in [-0.2, 0) is 13.1 Å². The van der Waals surface area contributed by atoms with Crippen molar-refractivity contribution in [2.75, 3.05) is 0 Å². The number of para-hydroxylation sites is 1. The third kappa shape index (κ3) is 3.75. The average molecular weight is 355 g/mol. The zero-order chi connectivity index (χ0) is 18.6. The van der Waals surface area contributed by atoms with Crippen LogP contribution in [0.2, 0.25) is 0 Å². The highest BCUT2D eigenvalue weighted by molar-refractivity contribution is 6.07. The van der Waals surface area contributed by atoms with E-state index in [0.29, 0.717) is 12.1 Å². The maximum Gasteiger partial charge on any atom is 0.253 e. The molecule has 0 saturated carbocycles. The zero-order valence-electron chi connectivity index (χ0n) is 15.2. The van der Waals surface area contributed by atoms with E-state index in [-0.39, 0.29) is 5.91 Å². The molecule has 2 aromatic carbocycles. The summed E-state index contributed by atoms with van der Waals surface area (Å²) >= 11 is 0. The second kappa shape index (κ2) is 7.46. The third-order valence-corrected chi connectivity index (χ3v) is 4.66. The highest BCUT2D eigenvalue weighted by atomic mass is 16.1. The van der Waals surface area contributed by atoms with Gasteiger partial charge in [0.1, 0.15) is 0 Å². The molecule has 0 aliphatic rings. The summed E-state index contributed by atoms with van der Waals surface area (Å²) in [7, 11) is 0. The summed E-state index contributed by atoms with van der Waals surface area (Å²) in [6.07, 6.45) is 3.67. The fourth-order valence-corrected chi connectivity index (χ4v) is 3.22. The van der Waals surface area contributed by atoms with E-state index in [0.717, 1.165) is 23.1 Å². The molecule has 0 fully saturated rings. The number of aromatic nitrogens is 2. The molecule has 0 spiro atoms. The van der Waals surface area contributed by atoms with E-state index in [4.69, 9.17) is 0 Å². The molecule has 0 aliphatic heterocycles. The minimum Gasteiger partial charge on any atom is -0.346 e. The third-order valence-electron chi connectivity index (χ3n) is 4.66. The standard InChI is InChI=1S/C23H21N3O/c1-17-9-11-18(12-10-17)15-26-16-21(20-7-2-3-8-22(20)26)23(27)25-14-19-6-4-5-13-24-19/h2-13,16H,14-15H2,1H3,(H,25,27). The molecule has 0 aliphatic carbocycles. The smallest absolute Gasteiger partial charge is 0.253 e. The van der Waals surface area contributed by atoms with Gasteiger partial charge in [0.15, 0.2) is 0 Å². The number of carbonyl (C=O) groups is 1. The van der Waals surface area contributed by atoms with Crippen molar-refractivity contribution in [3.8, 4) is 0 Å². The lowest BCUT2D eigenvalue weighted by Crippen LogP contribution is -2.23. The van der Waals surface area contributed by atoms with Gasteiger partial charge in [-0.15, -0.1) is 0 Å². The summed E-state index contributed by atoms with van der Waals surface area (Å²) in [6, 6.07) is 22.2. The van der Waals surface area contributed by atoms with Crippen molar-refractivity contribution in [3.05, 3.63) is 102 Å². The van der Waals surface area contributed by atoms with Gasteiger partial charge in [-0.1, -0.05) is 54.1 Å². The van der Waals surface area contributed by atoms with Crippen molar-refractivity contribution in [1.82, 2.24) is 14.9 Å². The Morgan fingerprint density at radius 3 is 2.56 bits per heavy atom. The van der Waals surface area contributed by atoms with Crippen LogP contribution in [0.1, 0.15) is 27.2 Å². The Morgan fingerprint density at radius 1 is 1.00 bits per heavy atom. The number of nitrogens with zero attached hydrogens (tertiary/aromatic N) is 2. The lowest BCUT2D eigenvalue weighted by atomic mass is 10.1. The first kappa shape index (κ1) is 17.0. The normalized spacial score (nSPS) is 10.9. The number of carbonyl (C=O) groups excluding carboxylic acids is 1. The highest BCUT2D eigenvalue weighted by Gasteiger charge is 2.15. The fraction of sp³-hybridized carbons (Fsp3) is 0.130. The van der Waals surface area contributed by atoms with Crippen molar-refractivity contribution < 1.29 is 4.79 Å². The molecule has 0 atom stereocenters. The van der Waals surface area contributed by atoms with E-state index >= 15 is 0 Å². The molecule has 4 rings (SSSR count). The van der Waals surface area contributed by atoms with Crippen molar-refractivity contribution in [3.63, 3.8) is 0 Å². The molecular weight excluding hydrogens is 334 g/mol. The van der Waals surface area contributed by atoms with Gasteiger partial charge in [0.25, 0.3) is 5.91 Å². The van der Waals surface area contributed by atoms with E-state index in [1.807, 2.05) is 42.6 Å². The van der Waals surface area contributed by atoms with E-state index in [1.54, 1.807) is 6.20 Å². The maximum atomic E-state index is 12.8. The number of benzene rings is 2. The Hall–Kier alpha value is -3.40. The summed E-state index contributed by atoms with van der Waals surface area (Å²) in [5.74, 6) is -0.0838. The number of amides is 1. The van der Waals surface area contributed by atoms with Crippen LogP contribution in [0.3, 0.4) is 0 Å². The number of nitrogens with one attached hydrogen (secondary N) is 1. The molecule has 0 bridgehead atoms. The summed E-state index contributed by atoms with van der Waals surface area (Å²) in [5.41, 5.74) is 5.04. The van der Waals surface area contributed by atoms with Crippen LogP contribution in [0.15, 0.2) is 79.1 Å². The van der Waals surface area contributed by atoms with Gasteiger partial charge in [-0.05, 0) is 30.7 Å². The lowest BCUT2D eigenvalue weighted by Gasteiger charge is -2.06. The van der Waals surface area contributed by atoms with Gasteiger partial charge >= 0.3 is 0 Å². The SMILES string of the molecule is Cc1ccc(Cn2cc(C(=O)NCc3ccccn3)c3ccccc32)cc1. The molecule has 134 valence electrons. The van der Waals surface area contributed by atoms with E-state index in [9.17, 15) is 4.79 Å². The van der Waals surface area contributed by atoms with Crippen LogP contribution in [0, 0.1) is 6.92 Å². The van der Waals surface area contributed by atoms with Crippen LogP contribution in [0.4, 0.5) is 0 Å². The number of fused-ring (bicyclic) bond motifs is 1. The van der Waals surface area contributed by atoms with Gasteiger partial charge < -0.3 is 9.88 Å². The molecule has 4 nitrogen and oxygen atoms in total. The Morgan fingerprint density at radius 2 is 1.78 bits per heavy atom. The molecule has 0 saturated heterocycles. The molecule has 4 aromatic rings. The number of rotatable bonds is 5. The van der Waals surface area contributed by atoms with Crippen molar-refractivity contribution >= 4 is 16.8 Å². The fourth-order valence-electron chi connectivity index (χ4n) is 3.22. The second-order valence-electron chi connectivity index (χ2n) is 6.68. The first-order valence-electron chi connectivity index (χ1n) is 9.02. The van der Waals surface area contributed by atoms with E-state index < -0.39 is 0 Å². The largest absolute Gasteiger partial charge is 0.346 e. The number of hydrogen-bond acceptors (Lipinski definition) is 2. The van der Waals surface area contributed by atoms with Gasteiger partial charge in [0, 0.05) is 29.8 Å². The molecule has 2 heterocycles. The van der Waals surface area contributed by atoms with Crippen molar-refractivity contribution in [2.45, 2.75) is 20.0 Å². The van der Waals surface area contributed by atoms with Gasteiger partial charge in [0.2, 0.25) is 0 Å². The minimum atomic E-state index is -0.0838. The van der Waals surface area contributed by atoms with Gasteiger partial charge in [-0.3, -0.25) is 9.78 Å².